The molecule has 1 aliphatic rings. The average molecular weight is 342 g/mol. The van der Waals surface area contributed by atoms with Gasteiger partial charge in [-0.15, -0.1) is 6.58 Å². The zero-order valence-corrected chi connectivity index (χ0v) is 14.6. The van der Waals surface area contributed by atoms with E-state index in [9.17, 15) is 15.0 Å². The van der Waals surface area contributed by atoms with Crippen LogP contribution in [0.5, 0.6) is 5.75 Å². The van der Waals surface area contributed by atoms with Gasteiger partial charge >= 0.3 is 5.63 Å². The fourth-order valence-electron chi connectivity index (χ4n) is 3.52. The topological polar surface area (TPSA) is 79.9 Å². The Morgan fingerprint density at radius 3 is 2.72 bits per heavy atom. The Labute approximate surface area is 145 Å². The molecule has 0 radical (unpaired) electrons. The van der Waals surface area contributed by atoms with Gasteiger partial charge in [-0.1, -0.05) is 31.7 Å². The number of aryl methyl sites for hydroxylation is 1. The lowest BCUT2D eigenvalue weighted by atomic mass is 9.73. The second-order valence-corrected chi connectivity index (χ2v) is 7.04. The highest BCUT2D eigenvalue weighted by Gasteiger charge is 2.51. The van der Waals surface area contributed by atoms with E-state index < -0.39 is 22.9 Å². The van der Waals surface area contributed by atoms with Crippen LogP contribution in [-0.2, 0) is 5.41 Å². The molecule has 0 bridgehead atoms. The smallest absolute Gasteiger partial charge is 0.344 e. The van der Waals surface area contributed by atoms with Crippen molar-refractivity contribution in [2.75, 3.05) is 0 Å². The second kappa shape index (κ2) is 5.58. The second-order valence-electron chi connectivity index (χ2n) is 7.04. The Balaban J connectivity index is 2.40. The lowest BCUT2D eigenvalue weighted by Crippen LogP contribution is -2.55. The molecule has 0 aliphatic carbocycles. The molecule has 3 rings (SSSR count). The molecule has 1 aromatic carbocycles. The number of aliphatic hydroxyl groups excluding tert-OH is 1. The van der Waals surface area contributed by atoms with Gasteiger partial charge in [0.15, 0.2) is 0 Å². The number of fused-ring (bicyclic) bond motifs is 3. The summed E-state index contributed by atoms with van der Waals surface area (Å²) in [6, 6.07) is 5.30. The predicted molar refractivity (Wildman–Crippen MR) is 95.8 cm³/mol. The molecule has 3 atom stereocenters. The molecular weight excluding hydrogens is 320 g/mol. The number of hydrogen-bond acceptors (Lipinski definition) is 5. The predicted octanol–water partition coefficient (Wildman–Crippen LogP) is 2.95. The first-order valence-electron chi connectivity index (χ1n) is 8.08. The van der Waals surface area contributed by atoms with E-state index in [2.05, 4.69) is 13.2 Å². The SMILES string of the molecule is C=C[C@@]1(C)C[C@@](O)([C@H](O)C(=C)C)Oc2c1c(=O)oc1cccc(C)c21. The third kappa shape index (κ3) is 2.51. The summed E-state index contributed by atoms with van der Waals surface area (Å²) in [7, 11) is 0. The average Bonchev–Trinajstić information content (AvgIpc) is 2.53. The Kier molecular flexibility index (Phi) is 3.89. The molecule has 5 nitrogen and oxygen atoms in total. The zero-order valence-electron chi connectivity index (χ0n) is 14.6. The fourth-order valence-corrected chi connectivity index (χ4v) is 3.52. The maximum absolute atomic E-state index is 12.6. The van der Waals surface area contributed by atoms with E-state index in [1.807, 2.05) is 13.0 Å². The standard InChI is InChI=1S/C20H22O5/c1-6-19(5)10-20(23,17(21)11(2)3)25-16-14-12(4)8-7-9-13(14)24-18(22)15(16)19/h6-9,17,21,23H,1-2,10H2,3-5H3/t17-,19+,20+/m1/s1. The first kappa shape index (κ1) is 17.5. The van der Waals surface area contributed by atoms with Crippen molar-refractivity contribution in [2.24, 2.45) is 0 Å². The normalized spacial score (nSPS) is 26.6. The van der Waals surface area contributed by atoms with E-state index in [1.54, 1.807) is 32.1 Å². The van der Waals surface area contributed by atoms with Crippen LogP contribution in [0.2, 0.25) is 0 Å². The Morgan fingerprint density at radius 1 is 1.44 bits per heavy atom. The summed E-state index contributed by atoms with van der Waals surface area (Å²) in [4.78, 5) is 12.6. The number of ether oxygens (including phenoxy) is 1. The van der Waals surface area contributed by atoms with Crippen molar-refractivity contribution in [1.82, 2.24) is 0 Å². The molecule has 5 heteroatoms. The van der Waals surface area contributed by atoms with E-state index in [-0.39, 0.29) is 12.2 Å². The molecule has 0 amide bonds. The van der Waals surface area contributed by atoms with E-state index in [4.69, 9.17) is 9.15 Å². The van der Waals surface area contributed by atoms with Crippen LogP contribution in [0.4, 0.5) is 0 Å². The van der Waals surface area contributed by atoms with Crippen molar-refractivity contribution >= 4 is 11.0 Å². The summed E-state index contributed by atoms with van der Waals surface area (Å²) in [6.45, 7) is 12.8. The van der Waals surface area contributed by atoms with Crippen LogP contribution < -0.4 is 10.4 Å². The molecule has 1 aromatic heterocycles. The highest BCUT2D eigenvalue weighted by atomic mass is 16.6. The first-order chi connectivity index (χ1) is 11.6. The molecule has 0 saturated heterocycles. The van der Waals surface area contributed by atoms with E-state index in [1.165, 1.54) is 0 Å². The highest BCUT2D eigenvalue weighted by molar-refractivity contribution is 5.88. The van der Waals surface area contributed by atoms with E-state index in [0.717, 1.165) is 5.56 Å². The van der Waals surface area contributed by atoms with Crippen LogP contribution in [0, 0.1) is 6.92 Å². The molecule has 2 heterocycles. The minimum absolute atomic E-state index is 0.0489. The number of aliphatic hydroxyl groups is 2. The highest BCUT2D eigenvalue weighted by Crippen LogP contribution is 2.48. The van der Waals surface area contributed by atoms with Crippen molar-refractivity contribution < 1.29 is 19.4 Å². The van der Waals surface area contributed by atoms with E-state index in [0.29, 0.717) is 22.1 Å². The first-order valence-corrected chi connectivity index (χ1v) is 8.08. The van der Waals surface area contributed by atoms with Gasteiger partial charge < -0.3 is 19.4 Å². The van der Waals surface area contributed by atoms with Crippen molar-refractivity contribution in [3.63, 3.8) is 0 Å². The van der Waals surface area contributed by atoms with Gasteiger partial charge in [-0.2, -0.15) is 0 Å². The van der Waals surface area contributed by atoms with Crippen LogP contribution in [0.3, 0.4) is 0 Å². The summed E-state index contributed by atoms with van der Waals surface area (Å²) in [5.74, 6) is -1.70. The van der Waals surface area contributed by atoms with Gasteiger partial charge in [0.1, 0.15) is 17.4 Å². The maximum atomic E-state index is 12.6. The summed E-state index contributed by atoms with van der Waals surface area (Å²) < 4.78 is 11.3. The fraction of sp³-hybridized carbons (Fsp3) is 0.350. The van der Waals surface area contributed by atoms with Crippen LogP contribution >= 0.6 is 0 Å². The molecule has 0 fully saturated rings. The molecule has 2 aromatic rings. The number of hydrogen-bond donors (Lipinski definition) is 2. The molecule has 0 spiro atoms. The van der Waals surface area contributed by atoms with Crippen LogP contribution in [0.25, 0.3) is 11.0 Å². The van der Waals surface area contributed by atoms with Gasteiger partial charge in [-0.25, -0.2) is 4.79 Å². The Morgan fingerprint density at radius 2 is 2.12 bits per heavy atom. The van der Waals surface area contributed by atoms with Crippen LogP contribution in [0.1, 0.15) is 31.4 Å². The van der Waals surface area contributed by atoms with Gasteiger partial charge in [-0.3, -0.25) is 0 Å². The molecule has 25 heavy (non-hydrogen) atoms. The van der Waals surface area contributed by atoms with Crippen molar-refractivity contribution in [1.29, 1.82) is 0 Å². The van der Waals surface area contributed by atoms with Gasteiger partial charge in [0.25, 0.3) is 0 Å². The van der Waals surface area contributed by atoms with E-state index >= 15 is 0 Å². The van der Waals surface area contributed by atoms with Crippen LogP contribution in [-0.4, -0.2) is 22.1 Å². The minimum Gasteiger partial charge on any atom is -0.458 e. The van der Waals surface area contributed by atoms with Gasteiger partial charge in [-0.05, 0) is 31.1 Å². The van der Waals surface area contributed by atoms with Crippen LogP contribution in [0.15, 0.2) is 52.2 Å². The molecule has 1 aliphatic heterocycles. The monoisotopic (exact) mass is 342 g/mol. The number of rotatable bonds is 3. The molecule has 132 valence electrons. The molecule has 2 N–H and O–H groups in total. The van der Waals surface area contributed by atoms with Crippen molar-refractivity contribution in [2.45, 2.75) is 44.5 Å². The third-order valence-corrected chi connectivity index (χ3v) is 4.91. The third-order valence-electron chi connectivity index (χ3n) is 4.91. The summed E-state index contributed by atoms with van der Waals surface area (Å²) >= 11 is 0. The number of benzene rings is 1. The van der Waals surface area contributed by atoms with Gasteiger partial charge in [0.2, 0.25) is 5.79 Å². The Bertz CT molecular complexity index is 941. The zero-order chi connectivity index (χ0) is 18.6. The molecule has 0 saturated carbocycles. The quantitative estimate of drug-likeness (QED) is 0.662. The summed E-state index contributed by atoms with van der Waals surface area (Å²) in [6.07, 6.45) is 0.212. The van der Waals surface area contributed by atoms with Crippen molar-refractivity contribution in [3.8, 4) is 5.75 Å². The lowest BCUT2D eigenvalue weighted by molar-refractivity contribution is -0.212. The lowest BCUT2D eigenvalue weighted by Gasteiger charge is -2.44. The maximum Gasteiger partial charge on any atom is 0.344 e. The van der Waals surface area contributed by atoms with Crippen molar-refractivity contribution in [3.05, 3.63) is 64.6 Å². The largest absolute Gasteiger partial charge is 0.458 e. The minimum atomic E-state index is -1.93. The molecular formula is C20H22O5. The summed E-state index contributed by atoms with van der Waals surface area (Å²) in [5.41, 5.74) is 0.379. The van der Waals surface area contributed by atoms with Gasteiger partial charge in [0.05, 0.1) is 10.9 Å². The number of allylic oxidation sites excluding steroid dienone is 1. The van der Waals surface area contributed by atoms with Gasteiger partial charge in [0, 0.05) is 11.8 Å². The molecule has 0 unspecified atom stereocenters. The summed E-state index contributed by atoms with van der Waals surface area (Å²) in [5, 5.41) is 22.1. The Hall–Kier alpha value is -2.37.